The number of amides is 1. The minimum atomic E-state index is -0.489. The quantitative estimate of drug-likeness (QED) is 0.749. The molecule has 1 aromatic heterocycles. The molecule has 2 aromatic carbocycles. The van der Waals surface area contributed by atoms with Gasteiger partial charge in [-0.2, -0.15) is 0 Å². The third kappa shape index (κ3) is 3.55. The van der Waals surface area contributed by atoms with Crippen molar-refractivity contribution >= 4 is 34.1 Å². The van der Waals surface area contributed by atoms with E-state index < -0.39 is 5.69 Å². The molecule has 0 aliphatic rings. The zero-order valence-electron chi connectivity index (χ0n) is 14.2. The van der Waals surface area contributed by atoms with Crippen LogP contribution in [0.4, 0.5) is 5.69 Å². The molecule has 1 heterocycles. The lowest BCUT2D eigenvalue weighted by Crippen LogP contribution is -2.41. The molecule has 3 rings (SSSR count). The molecule has 0 radical (unpaired) electrons. The maximum atomic E-state index is 12.8. The summed E-state index contributed by atoms with van der Waals surface area (Å²) in [6, 6.07) is 13.6. The van der Waals surface area contributed by atoms with Crippen LogP contribution >= 0.6 is 11.6 Å². The van der Waals surface area contributed by atoms with Crippen LogP contribution in [0.3, 0.4) is 0 Å². The minimum absolute atomic E-state index is 0.199. The van der Waals surface area contributed by atoms with Crippen molar-refractivity contribution < 1.29 is 4.79 Å². The van der Waals surface area contributed by atoms with Gasteiger partial charge in [0.25, 0.3) is 5.56 Å². The molecule has 134 valence electrons. The van der Waals surface area contributed by atoms with Crippen LogP contribution in [0, 0.1) is 0 Å². The first-order valence-electron chi connectivity index (χ1n) is 8.29. The van der Waals surface area contributed by atoms with Gasteiger partial charge in [0, 0.05) is 17.3 Å². The number of halogens is 1. The molecular formula is C19H18ClN3O3. The molecule has 0 unspecified atom stereocenters. The van der Waals surface area contributed by atoms with E-state index in [0.717, 1.165) is 0 Å². The molecule has 0 spiro atoms. The van der Waals surface area contributed by atoms with Crippen LogP contribution in [-0.2, 0) is 17.9 Å². The summed E-state index contributed by atoms with van der Waals surface area (Å²) < 4.78 is 2.50. The van der Waals surface area contributed by atoms with Crippen LogP contribution in [0.2, 0.25) is 5.02 Å². The fourth-order valence-corrected chi connectivity index (χ4v) is 3.05. The summed E-state index contributed by atoms with van der Waals surface area (Å²) in [4.78, 5) is 37.7. The minimum Gasteiger partial charge on any atom is -0.324 e. The van der Waals surface area contributed by atoms with Gasteiger partial charge in [0.05, 0.1) is 10.9 Å². The molecule has 0 bridgehead atoms. The predicted octanol–water partition coefficient (Wildman–Crippen LogP) is 2.87. The molecule has 0 saturated heterocycles. The highest BCUT2D eigenvalue weighted by molar-refractivity contribution is 6.30. The Bertz CT molecular complexity index is 1090. The molecule has 0 saturated carbocycles. The van der Waals surface area contributed by atoms with E-state index in [-0.39, 0.29) is 18.0 Å². The van der Waals surface area contributed by atoms with Crippen molar-refractivity contribution in [1.29, 1.82) is 0 Å². The zero-order chi connectivity index (χ0) is 18.7. The smallest absolute Gasteiger partial charge is 0.324 e. The number of carbonyl (C=O) groups is 1. The first-order valence-corrected chi connectivity index (χ1v) is 8.67. The highest BCUT2D eigenvalue weighted by atomic mass is 35.5. The number of hydrogen-bond acceptors (Lipinski definition) is 3. The molecule has 0 aliphatic carbocycles. The van der Waals surface area contributed by atoms with Crippen LogP contribution in [-0.4, -0.2) is 15.0 Å². The Morgan fingerprint density at radius 2 is 1.85 bits per heavy atom. The number of aromatic nitrogens is 2. The predicted molar refractivity (Wildman–Crippen MR) is 103 cm³/mol. The third-order valence-electron chi connectivity index (χ3n) is 3.99. The van der Waals surface area contributed by atoms with Gasteiger partial charge < -0.3 is 5.32 Å². The summed E-state index contributed by atoms with van der Waals surface area (Å²) in [6.07, 6.45) is 0.641. The van der Waals surface area contributed by atoms with Crippen molar-refractivity contribution in [3.63, 3.8) is 0 Å². The molecule has 0 aliphatic heterocycles. The number of hydrogen-bond donors (Lipinski definition) is 1. The largest absolute Gasteiger partial charge is 0.331 e. The van der Waals surface area contributed by atoms with Crippen molar-refractivity contribution in [2.75, 3.05) is 5.32 Å². The highest BCUT2D eigenvalue weighted by Gasteiger charge is 2.15. The van der Waals surface area contributed by atoms with Crippen LogP contribution in [0.15, 0.2) is 58.1 Å². The number of carbonyl (C=O) groups excluding carboxylic acids is 1. The van der Waals surface area contributed by atoms with Crippen molar-refractivity contribution in [1.82, 2.24) is 9.13 Å². The number of benzene rings is 2. The van der Waals surface area contributed by atoms with Crippen molar-refractivity contribution in [3.05, 3.63) is 74.4 Å². The maximum absolute atomic E-state index is 12.8. The van der Waals surface area contributed by atoms with Gasteiger partial charge in [-0.1, -0.05) is 36.7 Å². The SMILES string of the molecule is CCCn1c(=O)c2ccccc2n(CC(=O)Nc2cccc(Cl)c2)c1=O. The average molecular weight is 372 g/mol. The standard InChI is InChI=1S/C19H18ClN3O3/c1-2-10-22-18(25)15-8-3-4-9-16(15)23(19(22)26)12-17(24)21-14-7-5-6-13(20)11-14/h3-9,11H,2,10,12H2,1H3,(H,21,24). The lowest BCUT2D eigenvalue weighted by Gasteiger charge is -2.13. The molecular weight excluding hydrogens is 354 g/mol. The Morgan fingerprint density at radius 3 is 2.58 bits per heavy atom. The van der Waals surface area contributed by atoms with Crippen LogP contribution < -0.4 is 16.6 Å². The first kappa shape index (κ1) is 17.9. The normalized spacial score (nSPS) is 10.8. The van der Waals surface area contributed by atoms with E-state index in [1.807, 2.05) is 6.92 Å². The van der Waals surface area contributed by atoms with Crippen LogP contribution in [0.1, 0.15) is 13.3 Å². The monoisotopic (exact) mass is 371 g/mol. The van der Waals surface area contributed by atoms with E-state index in [0.29, 0.717) is 34.6 Å². The van der Waals surface area contributed by atoms with Gasteiger partial charge in [0.1, 0.15) is 6.54 Å². The van der Waals surface area contributed by atoms with E-state index in [1.165, 1.54) is 9.13 Å². The number of fused-ring (bicyclic) bond motifs is 1. The van der Waals surface area contributed by atoms with E-state index in [2.05, 4.69) is 5.32 Å². The van der Waals surface area contributed by atoms with Crippen LogP contribution in [0.25, 0.3) is 10.9 Å². The first-order chi connectivity index (χ1) is 12.5. The van der Waals surface area contributed by atoms with Gasteiger partial charge in [-0.15, -0.1) is 0 Å². The summed E-state index contributed by atoms with van der Waals surface area (Å²) in [5, 5.41) is 3.63. The number of para-hydroxylation sites is 1. The Balaban J connectivity index is 2.02. The lowest BCUT2D eigenvalue weighted by molar-refractivity contribution is -0.116. The summed E-state index contributed by atoms with van der Waals surface area (Å²) in [5.74, 6) is -0.374. The molecule has 0 fully saturated rings. The molecule has 7 heteroatoms. The lowest BCUT2D eigenvalue weighted by atomic mass is 10.2. The Kier molecular flexibility index (Phi) is 5.23. The van der Waals surface area contributed by atoms with Gasteiger partial charge in [-0.3, -0.25) is 18.7 Å². The molecule has 3 aromatic rings. The van der Waals surface area contributed by atoms with Gasteiger partial charge >= 0.3 is 5.69 Å². The summed E-state index contributed by atoms with van der Waals surface area (Å²) in [7, 11) is 0. The number of nitrogens with one attached hydrogen (secondary N) is 1. The van der Waals surface area contributed by atoms with Gasteiger partial charge in [0.2, 0.25) is 5.91 Å². The van der Waals surface area contributed by atoms with E-state index in [4.69, 9.17) is 11.6 Å². The molecule has 0 atom stereocenters. The fourth-order valence-electron chi connectivity index (χ4n) is 2.85. The second-order valence-electron chi connectivity index (χ2n) is 5.90. The van der Waals surface area contributed by atoms with Gasteiger partial charge in [0.15, 0.2) is 0 Å². The third-order valence-corrected chi connectivity index (χ3v) is 4.22. The topological polar surface area (TPSA) is 73.1 Å². The van der Waals surface area contributed by atoms with E-state index in [1.54, 1.807) is 48.5 Å². The highest BCUT2D eigenvalue weighted by Crippen LogP contribution is 2.15. The van der Waals surface area contributed by atoms with Crippen LogP contribution in [0.5, 0.6) is 0 Å². The van der Waals surface area contributed by atoms with Gasteiger partial charge in [-0.05, 0) is 36.8 Å². The second kappa shape index (κ2) is 7.58. The maximum Gasteiger partial charge on any atom is 0.331 e. The Labute approximate surface area is 154 Å². The molecule has 26 heavy (non-hydrogen) atoms. The van der Waals surface area contributed by atoms with E-state index >= 15 is 0 Å². The number of nitrogens with zero attached hydrogens (tertiary/aromatic N) is 2. The van der Waals surface area contributed by atoms with Crippen molar-refractivity contribution in [3.8, 4) is 0 Å². The zero-order valence-corrected chi connectivity index (χ0v) is 15.0. The van der Waals surface area contributed by atoms with Crippen molar-refractivity contribution in [2.45, 2.75) is 26.4 Å². The fraction of sp³-hybridized carbons (Fsp3) is 0.211. The van der Waals surface area contributed by atoms with Gasteiger partial charge in [-0.25, -0.2) is 4.79 Å². The van der Waals surface area contributed by atoms with Crippen molar-refractivity contribution in [2.24, 2.45) is 0 Å². The summed E-state index contributed by atoms with van der Waals surface area (Å²) in [6.45, 7) is 1.99. The summed E-state index contributed by atoms with van der Waals surface area (Å²) >= 11 is 5.92. The second-order valence-corrected chi connectivity index (χ2v) is 6.34. The average Bonchev–Trinajstić information content (AvgIpc) is 2.62. The Hall–Kier alpha value is -2.86. The molecule has 1 amide bonds. The number of anilines is 1. The Morgan fingerprint density at radius 1 is 1.08 bits per heavy atom. The molecule has 1 N–H and O–H groups in total. The summed E-state index contributed by atoms with van der Waals surface area (Å²) in [5.41, 5.74) is 0.161. The molecule has 6 nitrogen and oxygen atoms in total. The number of rotatable bonds is 5. The van der Waals surface area contributed by atoms with E-state index in [9.17, 15) is 14.4 Å².